The predicted octanol–water partition coefficient (Wildman–Crippen LogP) is 6.04. The number of aliphatic hydroxyl groups excluding tert-OH is 4. The van der Waals surface area contributed by atoms with Crippen LogP contribution in [0.5, 0.6) is 17.2 Å². The summed E-state index contributed by atoms with van der Waals surface area (Å²) in [6.07, 6.45) is 10.2. The van der Waals surface area contributed by atoms with Crippen molar-refractivity contribution in [2.45, 2.75) is 176 Å². The molecule has 1 aromatic heterocycles. The van der Waals surface area contributed by atoms with Crippen LogP contribution in [0.3, 0.4) is 0 Å². The quantitative estimate of drug-likeness (QED) is 0.0346. The number of ether oxygens (including phenoxy) is 4. The van der Waals surface area contributed by atoms with E-state index in [2.05, 4.69) is 40.0 Å². The molecule has 10 rings (SSSR count). The predicted molar refractivity (Wildman–Crippen MR) is 375 cm³/mol. The van der Waals surface area contributed by atoms with Crippen molar-refractivity contribution >= 4 is 56.7 Å². The normalized spacial score (nSPS) is 26.7. The number of likely N-dealkylation sites (tertiary alicyclic amines) is 1. The Morgan fingerprint density at radius 3 is 2.05 bits per heavy atom. The van der Waals surface area contributed by atoms with Crippen LogP contribution >= 0.6 is 0 Å². The molecular formula is C73H104FN9O16. The van der Waals surface area contributed by atoms with Gasteiger partial charge < -0.3 is 90.3 Å². The molecule has 11 atom stereocenters. The minimum Gasteiger partial charge on any atom is -0.507 e. The minimum absolute atomic E-state index is 0.0364. The molecule has 99 heavy (non-hydrogen) atoms. The average molecular weight is 1380 g/mol. The van der Waals surface area contributed by atoms with Gasteiger partial charge in [-0.1, -0.05) is 73.6 Å². The van der Waals surface area contributed by atoms with Gasteiger partial charge in [0, 0.05) is 163 Å². The lowest BCUT2D eigenvalue weighted by molar-refractivity contribution is -0.160. The van der Waals surface area contributed by atoms with Crippen LogP contribution in [0.15, 0.2) is 69.2 Å². The maximum atomic E-state index is 14.7. The number of aromatic carboxylic acids is 1. The first-order chi connectivity index (χ1) is 47.0. The first-order valence-corrected chi connectivity index (χ1v) is 34.8. The van der Waals surface area contributed by atoms with E-state index >= 15 is 0 Å². The molecule has 0 unspecified atom stereocenters. The number of carboxylic acids is 1. The first-order valence-electron chi connectivity index (χ1n) is 34.8. The Labute approximate surface area is 577 Å². The molecule has 4 bridgehead atoms. The van der Waals surface area contributed by atoms with Gasteiger partial charge in [-0.2, -0.15) is 0 Å². The van der Waals surface area contributed by atoms with Crippen LogP contribution < -0.4 is 47.0 Å². The molecule has 3 fully saturated rings. The second-order valence-electron chi connectivity index (χ2n) is 27.8. The molecular weight excluding hydrogens is 1280 g/mol. The Hall–Kier alpha value is -7.40. The number of methoxy groups -OCH3 is 1. The number of Topliss-reactive ketones (excluding diaryl/α,β-unsaturated/α-hetero) is 1. The lowest BCUT2D eigenvalue weighted by Crippen LogP contribution is -2.46. The van der Waals surface area contributed by atoms with Crippen molar-refractivity contribution < 1.29 is 78.3 Å². The van der Waals surface area contributed by atoms with Gasteiger partial charge in [-0.15, -0.1) is 0 Å². The molecule has 544 valence electrons. The van der Waals surface area contributed by atoms with Crippen LogP contribution in [0.25, 0.3) is 21.7 Å². The summed E-state index contributed by atoms with van der Waals surface area (Å²) in [5.74, 6) is -8.20. The van der Waals surface area contributed by atoms with Crippen molar-refractivity contribution in [2.75, 3.05) is 89.4 Å². The standard InChI is InChI=1S/C46H62N4O11.C17H18FN3O3.C10H24N2O2/c1-22(2)21-50-18-16-46(17-19-50)48-34-31-32-39(54)28(8)42-33(31)43(56)45(10,61-42)59-20-15-30(58-11)25(5)41(60-29(9)51)27(7)38(53)26(6)37(52)23(3)13-12-14-24(4)44(57)47-36(40(32)55)35(34)49-46;18-13-7-11-14(8-15(13)20-5-3-19-4-6-20)21(10-1-2-10)9-12(16(11)22)17(23)24;1-3-9(7-13)11-5-6-12-10(4-2)8-14/h12-15,20,22-23,25-27,30,37-38,41,52-55H,16-19,21H2,1-11H3,(H,47,57);7-10,19H,1-6H2,(H,23,24);9-14H,3-8H2,1-2H3/b13-12-,20-15-,24-14+;;/t23-,25+,26+,27-,30-,37-,38+,41-,45-;;9-,10-/m0.0/s1. The highest BCUT2D eigenvalue weighted by molar-refractivity contribution is 6.19. The number of amides is 1. The van der Waals surface area contributed by atoms with Crippen LogP contribution in [-0.4, -0.2) is 196 Å². The fourth-order valence-corrected chi connectivity index (χ4v) is 13.7. The number of rotatable bonds is 16. The number of aromatic hydroxyl groups is 2. The van der Waals surface area contributed by atoms with Gasteiger partial charge in [0.25, 0.3) is 11.7 Å². The van der Waals surface area contributed by atoms with E-state index in [4.69, 9.17) is 39.1 Å². The number of esters is 1. The zero-order chi connectivity index (χ0) is 72.5. The third-order valence-corrected chi connectivity index (χ3v) is 20.0. The van der Waals surface area contributed by atoms with Gasteiger partial charge >= 0.3 is 17.7 Å². The molecule has 1 aliphatic carbocycles. The number of piperazine rings is 1. The molecule has 1 spiro atoms. The maximum absolute atomic E-state index is 14.7. The highest BCUT2D eigenvalue weighted by Crippen LogP contribution is 2.50. The molecule has 26 heteroatoms. The zero-order valence-corrected chi connectivity index (χ0v) is 59.5. The smallest absolute Gasteiger partial charge is 0.341 e. The fraction of sp³-hybridized carbons (Fsp3) is 0.603. The number of carbonyl (C=O) groups excluding carboxylic acids is 3. The van der Waals surface area contributed by atoms with E-state index in [1.807, 2.05) is 23.3 Å². The molecule has 4 aromatic rings. The van der Waals surface area contributed by atoms with Crippen molar-refractivity contribution in [1.82, 2.24) is 25.4 Å². The van der Waals surface area contributed by atoms with E-state index in [1.54, 1.807) is 71.9 Å². The summed E-state index contributed by atoms with van der Waals surface area (Å²) in [5, 5.41) is 87.1. The van der Waals surface area contributed by atoms with Crippen LogP contribution in [-0.2, 0) is 23.8 Å². The number of nitrogens with zero attached hydrogens (tertiary/aromatic N) is 5. The summed E-state index contributed by atoms with van der Waals surface area (Å²) in [5.41, 5.74) is -0.413. The number of pyridine rings is 1. The van der Waals surface area contributed by atoms with Gasteiger partial charge in [0.05, 0.1) is 65.3 Å². The Balaban J connectivity index is 0.000000265. The number of benzene rings is 3. The third kappa shape index (κ3) is 17.3. The number of carboxylic acid groups (broad SMARTS) is 1. The van der Waals surface area contributed by atoms with Crippen molar-refractivity contribution in [3.05, 3.63) is 97.9 Å². The number of nitrogens with one attached hydrogen (secondary N) is 4. The number of carbonyl (C=O) groups is 4. The van der Waals surface area contributed by atoms with E-state index in [1.165, 1.54) is 39.5 Å². The molecule has 1 saturated carbocycles. The van der Waals surface area contributed by atoms with Gasteiger partial charge in [-0.25, -0.2) is 9.18 Å². The molecule has 1 amide bonds. The van der Waals surface area contributed by atoms with Crippen molar-refractivity contribution in [1.29, 1.82) is 0 Å². The monoisotopic (exact) mass is 1380 g/mol. The lowest BCUT2D eigenvalue weighted by atomic mass is 9.78. The number of fused-ring (bicyclic) bond motifs is 2. The highest BCUT2D eigenvalue weighted by Gasteiger charge is 2.50. The SMILES string of the molecule is CC[C@@H](CO)NCCN[C@@H](CC)CO.CO[C@H]1/C=C\O[C@@]2(C)Oc3c(C)c(O)c4c(O)c(c5c(c4c3C2=O)=NC2(CCN(CC(C)C)CC2)N=5)NC(=O)/C(C)=C/C=C\[C@H](C)[C@H](O)[C@@H](C)[C@@H](O)[C@H](C)[C@@H](OC(C)=O)[C@@H]1C.O=C(O)c1cn(C2CC2)c2cc(N3CCNCC3)c(F)cc2c1=O. The number of hydrogen-bond acceptors (Lipinski definition) is 22. The number of phenols is 2. The summed E-state index contributed by atoms with van der Waals surface area (Å²) in [6.45, 7) is 28.6. The van der Waals surface area contributed by atoms with Crippen LogP contribution in [0, 0.1) is 42.3 Å². The molecule has 25 nitrogen and oxygen atoms in total. The number of anilines is 2. The van der Waals surface area contributed by atoms with E-state index < -0.39 is 100 Å². The van der Waals surface area contributed by atoms with E-state index in [-0.39, 0.29) is 97.7 Å². The van der Waals surface area contributed by atoms with Gasteiger partial charge in [-0.05, 0) is 63.7 Å². The molecule has 6 heterocycles. The van der Waals surface area contributed by atoms with E-state index in [9.17, 15) is 53.9 Å². The van der Waals surface area contributed by atoms with Gasteiger partial charge in [0.15, 0.2) is 11.4 Å². The number of halogens is 1. The summed E-state index contributed by atoms with van der Waals surface area (Å²) < 4.78 is 40.4. The molecule has 5 aliphatic heterocycles. The summed E-state index contributed by atoms with van der Waals surface area (Å²) >= 11 is 0. The van der Waals surface area contributed by atoms with Crippen molar-refractivity contribution in [3.63, 3.8) is 0 Å². The molecule has 11 N–H and O–H groups in total. The Morgan fingerprint density at radius 1 is 0.859 bits per heavy atom. The Kier molecular flexibility index (Phi) is 26.1. The number of phenolic OH excluding ortho intramolecular Hbond substituents is 2. The number of ketones is 1. The molecule has 3 aromatic carbocycles. The van der Waals surface area contributed by atoms with E-state index in [0.717, 1.165) is 58.4 Å². The van der Waals surface area contributed by atoms with Gasteiger partial charge in [0.1, 0.15) is 40.0 Å². The Morgan fingerprint density at radius 2 is 1.48 bits per heavy atom. The summed E-state index contributed by atoms with van der Waals surface area (Å²) in [4.78, 5) is 79.4. The molecule has 0 radical (unpaired) electrons. The largest absolute Gasteiger partial charge is 0.507 e. The lowest BCUT2D eigenvalue weighted by Gasteiger charge is -2.38. The first kappa shape index (κ1) is 77.3. The van der Waals surface area contributed by atoms with Crippen molar-refractivity contribution in [3.8, 4) is 17.2 Å². The number of aliphatic hydroxyl groups is 4. The maximum Gasteiger partial charge on any atom is 0.341 e. The van der Waals surface area contributed by atoms with Gasteiger partial charge in [0.2, 0.25) is 5.43 Å². The Bertz CT molecular complexity index is 3860. The topological polar surface area (TPSA) is 348 Å². The third-order valence-electron chi connectivity index (χ3n) is 20.0. The van der Waals surface area contributed by atoms with Crippen LogP contribution in [0.2, 0.25) is 0 Å². The summed E-state index contributed by atoms with van der Waals surface area (Å²) in [7, 11) is 1.47. The van der Waals surface area contributed by atoms with Gasteiger partial charge in [-0.3, -0.25) is 29.2 Å². The molecule has 2 saturated heterocycles. The average Bonchev–Trinajstić information content (AvgIpc) is 1.57. The second-order valence-corrected chi connectivity index (χ2v) is 27.8. The minimum atomic E-state index is -1.96. The highest BCUT2D eigenvalue weighted by atomic mass is 19.1. The van der Waals surface area contributed by atoms with Crippen LogP contribution in [0.1, 0.15) is 147 Å². The zero-order valence-electron chi connectivity index (χ0n) is 59.5. The van der Waals surface area contributed by atoms with E-state index in [0.29, 0.717) is 56.1 Å². The fourth-order valence-electron chi connectivity index (χ4n) is 13.7. The molecule has 6 aliphatic rings. The number of aromatic nitrogens is 1. The number of piperidine rings is 1. The number of hydrogen-bond donors (Lipinski definition) is 11. The summed E-state index contributed by atoms with van der Waals surface area (Å²) in [6, 6.07) is 3.48. The van der Waals surface area contributed by atoms with Crippen molar-refractivity contribution in [2.24, 2.45) is 39.6 Å². The number of allylic oxidation sites excluding steroid dienone is 2. The van der Waals surface area contributed by atoms with Crippen LogP contribution in [0.4, 0.5) is 15.8 Å². The second kappa shape index (κ2) is 33.4.